The van der Waals surface area contributed by atoms with Crippen molar-refractivity contribution in [3.8, 4) is 0 Å². The van der Waals surface area contributed by atoms with Gasteiger partial charge in [-0.2, -0.15) is 0 Å². The molecule has 0 saturated carbocycles. The van der Waals surface area contributed by atoms with Crippen molar-refractivity contribution < 1.29 is 4.79 Å². The third-order valence-corrected chi connectivity index (χ3v) is 2.98. The van der Waals surface area contributed by atoms with Gasteiger partial charge in [-0.05, 0) is 34.0 Å². The number of Topliss-reactive ketones (excluding diaryl/α,β-unsaturated/α-hetero) is 1. The molecule has 0 aliphatic rings. The zero-order chi connectivity index (χ0) is 12.8. The summed E-state index contributed by atoms with van der Waals surface area (Å²) in [5.41, 5.74) is -0.221. The highest BCUT2D eigenvalue weighted by Gasteiger charge is 2.26. The minimum atomic E-state index is -0.221. The number of ketones is 1. The van der Waals surface area contributed by atoms with Crippen molar-refractivity contribution in [2.75, 3.05) is 40.3 Å². The normalized spacial score (nSPS) is 12.5. The zero-order valence-corrected chi connectivity index (χ0v) is 11.8. The van der Waals surface area contributed by atoms with Crippen LogP contribution < -0.4 is 0 Å². The van der Waals surface area contributed by atoms with Gasteiger partial charge in [0.25, 0.3) is 0 Å². The van der Waals surface area contributed by atoms with Gasteiger partial charge in [-0.25, -0.2) is 0 Å². The van der Waals surface area contributed by atoms with Crippen LogP contribution in [0.15, 0.2) is 0 Å². The lowest BCUT2D eigenvalue weighted by atomic mass is 9.88. The molecule has 0 N–H and O–H groups in total. The van der Waals surface area contributed by atoms with Gasteiger partial charge in [0.15, 0.2) is 0 Å². The fraction of sp³-hybridized carbons (Fsp3) is 0.923. The number of hydrogen-bond donors (Lipinski definition) is 0. The number of likely N-dealkylation sites (N-methyl/N-ethyl adjacent to an activating group) is 1. The minimum absolute atomic E-state index is 0.221. The molecule has 0 aromatic heterocycles. The molecule has 3 nitrogen and oxygen atoms in total. The Bertz CT molecular complexity index is 212. The molecule has 0 amide bonds. The van der Waals surface area contributed by atoms with Crippen molar-refractivity contribution in [1.82, 2.24) is 9.80 Å². The van der Waals surface area contributed by atoms with Crippen LogP contribution in [-0.4, -0.2) is 55.9 Å². The SMILES string of the molecule is CCCN(CCN(C)C)CC(C)(C)C(C)=O. The van der Waals surface area contributed by atoms with E-state index in [1.165, 1.54) is 0 Å². The molecule has 0 aliphatic heterocycles. The third kappa shape index (κ3) is 6.23. The first-order valence-corrected chi connectivity index (χ1v) is 6.17. The van der Waals surface area contributed by atoms with E-state index < -0.39 is 0 Å². The number of carbonyl (C=O) groups is 1. The summed E-state index contributed by atoms with van der Waals surface area (Å²) in [5.74, 6) is 0.276. The molecular weight excluding hydrogens is 200 g/mol. The Morgan fingerprint density at radius 1 is 1.12 bits per heavy atom. The van der Waals surface area contributed by atoms with Crippen molar-refractivity contribution in [2.24, 2.45) is 5.41 Å². The maximum atomic E-state index is 11.5. The fourth-order valence-electron chi connectivity index (χ4n) is 1.60. The van der Waals surface area contributed by atoms with E-state index in [1.54, 1.807) is 6.92 Å². The summed E-state index contributed by atoms with van der Waals surface area (Å²) >= 11 is 0. The highest BCUT2D eigenvalue weighted by atomic mass is 16.1. The summed E-state index contributed by atoms with van der Waals surface area (Å²) in [7, 11) is 4.17. The highest BCUT2D eigenvalue weighted by molar-refractivity contribution is 5.81. The van der Waals surface area contributed by atoms with Gasteiger partial charge >= 0.3 is 0 Å². The predicted octanol–water partition coefficient (Wildman–Crippen LogP) is 1.88. The molecule has 0 aromatic carbocycles. The summed E-state index contributed by atoms with van der Waals surface area (Å²) in [6.45, 7) is 12.0. The number of carbonyl (C=O) groups excluding carboxylic acids is 1. The average Bonchev–Trinajstić information content (AvgIpc) is 2.13. The molecule has 0 bridgehead atoms. The van der Waals surface area contributed by atoms with E-state index in [1.807, 2.05) is 13.8 Å². The van der Waals surface area contributed by atoms with E-state index in [4.69, 9.17) is 0 Å². The van der Waals surface area contributed by atoms with Crippen LogP contribution in [0.4, 0.5) is 0 Å². The third-order valence-electron chi connectivity index (χ3n) is 2.98. The molecule has 0 rings (SSSR count). The van der Waals surface area contributed by atoms with E-state index >= 15 is 0 Å². The largest absolute Gasteiger partial charge is 0.308 e. The number of rotatable bonds is 8. The molecule has 16 heavy (non-hydrogen) atoms. The van der Waals surface area contributed by atoms with Crippen molar-refractivity contribution in [3.05, 3.63) is 0 Å². The first-order chi connectivity index (χ1) is 7.29. The van der Waals surface area contributed by atoms with Crippen LogP contribution in [0, 0.1) is 5.41 Å². The first-order valence-electron chi connectivity index (χ1n) is 6.17. The molecule has 0 fully saturated rings. The lowest BCUT2D eigenvalue weighted by Crippen LogP contribution is -2.41. The second kappa shape index (κ2) is 7.02. The molecule has 0 aromatic rings. The standard InChI is InChI=1S/C13H28N2O/c1-7-8-15(10-9-14(5)6)11-13(3,4)12(2)16/h7-11H2,1-6H3. The van der Waals surface area contributed by atoms with Crippen LogP contribution in [0.2, 0.25) is 0 Å². The summed E-state index contributed by atoms with van der Waals surface area (Å²) < 4.78 is 0. The monoisotopic (exact) mass is 228 g/mol. The van der Waals surface area contributed by atoms with Crippen LogP contribution in [0.25, 0.3) is 0 Å². The first kappa shape index (κ1) is 15.6. The molecule has 0 atom stereocenters. The van der Waals surface area contributed by atoms with E-state index in [2.05, 4.69) is 30.8 Å². The van der Waals surface area contributed by atoms with Gasteiger partial charge in [-0.1, -0.05) is 20.8 Å². The average molecular weight is 228 g/mol. The molecule has 0 saturated heterocycles. The van der Waals surface area contributed by atoms with Crippen LogP contribution in [-0.2, 0) is 4.79 Å². The quantitative estimate of drug-likeness (QED) is 0.634. The molecule has 0 radical (unpaired) electrons. The van der Waals surface area contributed by atoms with Crippen molar-refractivity contribution in [1.29, 1.82) is 0 Å². The van der Waals surface area contributed by atoms with Gasteiger partial charge in [0, 0.05) is 25.0 Å². The summed E-state index contributed by atoms with van der Waals surface area (Å²) in [6, 6.07) is 0. The van der Waals surface area contributed by atoms with E-state index in [0.717, 1.165) is 32.6 Å². The van der Waals surface area contributed by atoms with Crippen LogP contribution >= 0.6 is 0 Å². The van der Waals surface area contributed by atoms with Crippen molar-refractivity contribution in [3.63, 3.8) is 0 Å². The minimum Gasteiger partial charge on any atom is -0.308 e. The Morgan fingerprint density at radius 2 is 1.69 bits per heavy atom. The molecule has 96 valence electrons. The summed E-state index contributed by atoms with van der Waals surface area (Å²) in [4.78, 5) is 16.1. The van der Waals surface area contributed by atoms with Gasteiger partial charge in [-0.15, -0.1) is 0 Å². The van der Waals surface area contributed by atoms with Crippen molar-refractivity contribution >= 4 is 5.78 Å². The maximum absolute atomic E-state index is 11.5. The molecule has 0 unspecified atom stereocenters. The van der Waals surface area contributed by atoms with E-state index in [0.29, 0.717) is 0 Å². The van der Waals surface area contributed by atoms with Gasteiger partial charge < -0.3 is 9.80 Å². The zero-order valence-electron chi connectivity index (χ0n) is 11.8. The molecule has 3 heteroatoms. The van der Waals surface area contributed by atoms with Gasteiger partial charge in [0.2, 0.25) is 0 Å². The van der Waals surface area contributed by atoms with Gasteiger partial charge in [-0.3, -0.25) is 4.79 Å². The van der Waals surface area contributed by atoms with E-state index in [-0.39, 0.29) is 11.2 Å². The predicted molar refractivity (Wildman–Crippen MR) is 69.7 cm³/mol. The Morgan fingerprint density at radius 3 is 2.06 bits per heavy atom. The lowest BCUT2D eigenvalue weighted by Gasteiger charge is -2.31. The molecule has 0 aliphatic carbocycles. The Hall–Kier alpha value is -0.410. The van der Waals surface area contributed by atoms with Crippen LogP contribution in [0.5, 0.6) is 0 Å². The topological polar surface area (TPSA) is 23.6 Å². The van der Waals surface area contributed by atoms with Crippen molar-refractivity contribution in [2.45, 2.75) is 34.1 Å². The Labute approximate surface area is 101 Å². The van der Waals surface area contributed by atoms with Gasteiger partial charge in [0.1, 0.15) is 5.78 Å². The second-order valence-corrected chi connectivity index (χ2v) is 5.52. The fourth-order valence-corrected chi connectivity index (χ4v) is 1.60. The smallest absolute Gasteiger partial charge is 0.136 e. The molecular formula is C13H28N2O. The summed E-state index contributed by atoms with van der Waals surface area (Å²) in [5, 5.41) is 0. The lowest BCUT2D eigenvalue weighted by molar-refractivity contribution is -0.125. The second-order valence-electron chi connectivity index (χ2n) is 5.52. The highest BCUT2D eigenvalue weighted by Crippen LogP contribution is 2.18. The molecule has 0 heterocycles. The Balaban J connectivity index is 4.26. The summed E-state index contributed by atoms with van der Waals surface area (Å²) in [6.07, 6.45) is 1.14. The number of nitrogens with zero attached hydrogens (tertiary/aromatic N) is 2. The van der Waals surface area contributed by atoms with E-state index in [9.17, 15) is 4.79 Å². The van der Waals surface area contributed by atoms with Gasteiger partial charge in [0.05, 0.1) is 0 Å². The van der Waals surface area contributed by atoms with Crippen LogP contribution in [0.1, 0.15) is 34.1 Å². The Kier molecular flexibility index (Phi) is 6.84. The number of hydrogen-bond acceptors (Lipinski definition) is 3. The maximum Gasteiger partial charge on any atom is 0.136 e. The molecule has 0 spiro atoms. The van der Waals surface area contributed by atoms with Crippen LogP contribution in [0.3, 0.4) is 0 Å².